The van der Waals surface area contributed by atoms with Gasteiger partial charge in [0, 0.05) is 37.3 Å². The Labute approximate surface area is 231 Å². The van der Waals surface area contributed by atoms with E-state index >= 15 is 0 Å². The average molecular weight is 574 g/mol. The highest BCUT2D eigenvalue weighted by atomic mass is 32.2. The van der Waals surface area contributed by atoms with Crippen LogP contribution in [-0.4, -0.2) is 73.9 Å². The van der Waals surface area contributed by atoms with Gasteiger partial charge in [0.2, 0.25) is 15.9 Å². The van der Waals surface area contributed by atoms with Crippen LogP contribution in [0.15, 0.2) is 47.4 Å². The number of nitrogens with zero attached hydrogens (tertiary/aromatic N) is 4. The summed E-state index contributed by atoms with van der Waals surface area (Å²) in [6.45, 7) is 7.03. The average Bonchev–Trinajstić information content (AvgIpc) is 3.27. The predicted octanol–water partition coefficient (Wildman–Crippen LogP) is 3.30. The van der Waals surface area contributed by atoms with Crippen molar-refractivity contribution in [1.82, 2.24) is 19.4 Å². The van der Waals surface area contributed by atoms with Gasteiger partial charge < -0.3 is 19.1 Å². The third-order valence-electron chi connectivity index (χ3n) is 6.20. The second-order valence-corrected chi connectivity index (χ2v) is 11.3. The van der Waals surface area contributed by atoms with Gasteiger partial charge in [-0.3, -0.25) is 14.9 Å². The second-order valence-electron chi connectivity index (χ2n) is 9.53. The van der Waals surface area contributed by atoms with E-state index in [-0.39, 0.29) is 35.7 Å². The lowest BCUT2D eigenvalue weighted by Crippen LogP contribution is -2.41. The lowest BCUT2D eigenvalue weighted by molar-refractivity contribution is -0.385. The van der Waals surface area contributed by atoms with E-state index in [9.17, 15) is 23.3 Å². The molecule has 1 aliphatic rings. The summed E-state index contributed by atoms with van der Waals surface area (Å²) >= 11 is 0. The van der Waals surface area contributed by atoms with E-state index in [0.29, 0.717) is 43.3 Å². The highest BCUT2D eigenvalue weighted by Crippen LogP contribution is 2.36. The Kier molecular flexibility index (Phi) is 8.71. The molecule has 0 spiro atoms. The number of benzene rings is 2. The smallest absolute Gasteiger partial charge is 0.274 e. The van der Waals surface area contributed by atoms with Crippen molar-refractivity contribution in [3.05, 3.63) is 63.8 Å². The van der Waals surface area contributed by atoms with Gasteiger partial charge in [-0.1, -0.05) is 13.8 Å². The van der Waals surface area contributed by atoms with Crippen LogP contribution in [0.25, 0.3) is 5.69 Å². The summed E-state index contributed by atoms with van der Waals surface area (Å²) in [5.74, 6) is 0.180. The Balaban J connectivity index is 1.84. The third kappa shape index (κ3) is 6.24. The lowest BCUT2D eigenvalue weighted by atomic mass is 10.2. The van der Waals surface area contributed by atoms with E-state index in [1.165, 1.54) is 17.9 Å². The van der Waals surface area contributed by atoms with Crippen molar-refractivity contribution in [2.24, 2.45) is 5.92 Å². The van der Waals surface area contributed by atoms with E-state index in [4.69, 9.17) is 14.2 Å². The highest BCUT2D eigenvalue weighted by molar-refractivity contribution is 7.89. The minimum Gasteiger partial charge on any atom is -0.497 e. The third-order valence-corrected chi connectivity index (χ3v) is 7.65. The first-order chi connectivity index (χ1) is 19.0. The topological polar surface area (TPSA) is 155 Å². The predicted molar refractivity (Wildman–Crippen MR) is 145 cm³/mol. The number of hydrogen-bond acceptors (Lipinski definition) is 9. The minimum atomic E-state index is -4.20. The van der Waals surface area contributed by atoms with Crippen molar-refractivity contribution in [2.45, 2.75) is 25.7 Å². The molecule has 2 aromatic carbocycles. The van der Waals surface area contributed by atoms with Crippen LogP contribution >= 0.6 is 0 Å². The maximum absolute atomic E-state index is 13.4. The molecule has 3 aromatic rings. The van der Waals surface area contributed by atoms with Crippen LogP contribution in [-0.2, 0) is 14.8 Å². The van der Waals surface area contributed by atoms with Gasteiger partial charge in [-0.2, -0.15) is 9.78 Å². The van der Waals surface area contributed by atoms with Crippen molar-refractivity contribution in [2.75, 3.05) is 40.0 Å². The molecule has 13 nitrogen and oxygen atoms in total. The van der Waals surface area contributed by atoms with Gasteiger partial charge in [-0.25, -0.2) is 13.1 Å². The molecule has 214 valence electrons. The lowest BCUT2D eigenvalue weighted by Gasteiger charge is -2.26. The largest absolute Gasteiger partial charge is 0.497 e. The monoisotopic (exact) mass is 573 g/mol. The summed E-state index contributed by atoms with van der Waals surface area (Å²) in [7, 11) is -2.67. The molecule has 0 saturated carbocycles. The second kappa shape index (κ2) is 12.0. The van der Waals surface area contributed by atoms with E-state index in [1.807, 2.05) is 13.8 Å². The molecule has 1 aromatic heterocycles. The van der Waals surface area contributed by atoms with Crippen molar-refractivity contribution >= 4 is 21.6 Å². The number of carbonyl (C=O) groups is 1. The fraction of sp³-hybridized carbons (Fsp3) is 0.385. The van der Waals surface area contributed by atoms with Crippen LogP contribution in [0, 0.1) is 23.0 Å². The Morgan fingerprint density at radius 1 is 1.18 bits per heavy atom. The SMILES string of the molecule is COc1ccc(-n2nc(C(=O)N3CCOCC3)c(C)c2Oc2ccc([N+](=O)[O-])cc2S(=O)(=O)NCC(C)C)cc1. The molecule has 0 bridgehead atoms. The van der Waals surface area contributed by atoms with Crippen molar-refractivity contribution in [1.29, 1.82) is 0 Å². The zero-order valence-electron chi connectivity index (χ0n) is 22.6. The summed E-state index contributed by atoms with van der Waals surface area (Å²) in [6.07, 6.45) is 0. The van der Waals surface area contributed by atoms with Gasteiger partial charge in [-0.15, -0.1) is 0 Å². The number of aromatic nitrogens is 2. The maximum atomic E-state index is 13.4. The van der Waals surface area contributed by atoms with Crippen molar-refractivity contribution in [3.8, 4) is 23.1 Å². The van der Waals surface area contributed by atoms with Gasteiger partial charge in [0.25, 0.3) is 11.6 Å². The van der Waals surface area contributed by atoms with E-state index in [0.717, 1.165) is 12.1 Å². The van der Waals surface area contributed by atoms with Gasteiger partial charge >= 0.3 is 0 Å². The summed E-state index contributed by atoms with van der Waals surface area (Å²) in [5, 5.41) is 16.0. The van der Waals surface area contributed by atoms with Crippen molar-refractivity contribution in [3.63, 3.8) is 0 Å². The molecule has 2 heterocycles. The molecule has 0 atom stereocenters. The molecule has 1 aliphatic heterocycles. The number of nitro groups is 1. The van der Waals surface area contributed by atoms with E-state index in [1.54, 1.807) is 36.1 Å². The first-order valence-electron chi connectivity index (χ1n) is 12.6. The maximum Gasteiger partial charge on any atom is 0.274 e. The van der Waals surface area contributed by atoms with Crippen LogP contribution < -0.4 is 14.2 Å². The van der Waals surface area contributed by atoms with Crippen LogP contribution in [0.1, 0.15) is 29.9 Å². The number of ether oxygens (including phenoxy) is 3. The Hall–Kier alpha value is -4.01. The Morgan fingerprint density at radius 3 is 2.45 bits per heavy atom. The zero-order chi connectivity index (χ0) is 29.0. The Bertz CT molecular complexity index is 1500. The van der Waals surface area contributed by atoms with Crippen LogP contribution in [0.4, 0.5) is 5.69 Å². The first kappa shape index (κ1) is 29.0. The standard InChI is InChI=1S/C26H31N5O8S/c1-17(2)16-27-40(35,36)23-15-20(31(33)34)7-10-22(23)39-26-18(3)24(25(32)29-11-13-38-14-12-29)28-30(26)19-5-8-21(37-4)9-6-19/h5-10,15,17,27H,11-14,16H2,1-4H3. The fourth-order valence-electron chi connectivity index (χ4n) is 3.98. The molecule has 0 unspecified atom stereocenters. The highest BCUT2D eigenvalue weighted by Gasteiger charge is 2.30. The summed E-state index contributed by atoms with van der Waals surface area (Å²) in [4.78, 5) is 25.4. The van der Waals surface area contributed by atoms with Crippen molar-refractivity contribution < 1.29 is 32.3 Å². The number of sulfonamides is 1. The summed E-state index contributed by atoms with van der Waals surface area (Å²) in [5.41, 5.74) is 0.589. The fourth-order valence-corrected chi connectivity index (χ4v) is 5.34. The molecular formula is C26H31N5O8S. The van der Waals surface area contributed by atoms with Crippen LogP contribution in [0.3, 0.4) is 0 Å². The molecule has 1 fully saturated rings. The number of amides is 1. The molecule has 40 heavy (non-hydrogen) atoms. The summed E-state index contributed by atoms with van der Waals surface area (Å²) in [6, 6.07) is 10.1. The first-order valence-corrected chi connectivity index (χ1v) is 14.1. The molecule has 1 N–H and O–H groups in total. The number of nitrogens with one attached hydrogen (secondary N) is 1. The van der Waals surface area contributed by atoms with Gasteiger partial charge in [-0.05, 0) is 43.2 Å². The number of carbonyl (C=O) groups excluding carboxylic acids is 1. The normalized spacial score (nSPS) is 13.9. The number of methoxy groups -OCH3 is 1. The number of non-ortho nitro benzene ring substituents is 1. The Morgan fingerprint density at radius 2 is 1.85 bits per heavy atom. The van der Waals surface area contributed by atoms with Crippen LogP contribution in [0.5, 0.6) is 17.4 Å². The van der Waals surface area contributed by atoms with E-state index in [2.05, 4.69) is 9.82 Å². The number of nitro benzene ring substituents is 1. The number of morpholine rings is 1. The van der Waals surface area contributed by atoms with Crippen LogP contribution in [0.2, 0.25) is 0 Å². The molecule has 4 rings (SSSR count). The van der Waals surface area contributed by atoms with Gasteiger partial charge in [0.1, 0.15) is 16.4 Å². The molecule has 1 amide bonds. The number of hydrogen-bond donors (Lipinski definition) is 1. The molecule has 1 saturated heterocycles. The van der Waals surface area contributed by atoms with Gasteiger partial charge in [0.05, 0.1) is 30.9 Å². The number of rotatable bonds is 10. The quantitative estimate of drug-likeness (QED) is 0.284. The molecule has 14 heteroatoms. The zero-order valence-corrected chi connectivity index (χ0v) is 23.4. The molecular weight excluding hydrogens is 542 g/mol. The molecule has 0 radical (unpaired) electrons. The minimum absolute atomic E-state index is 0.00894. The molecule has 0 aliphatic carbocycles. The summed E-state index contributed by atoms with van der Waals surface area (Å²) < 4.78 is 47.1. The van der Waals surface area contributed by atoms with E-state index < -0.39 is 25.5 Å². The van der Waals surface area contributed by atoms with Gasteiger partial charge in [0.15, 0.2) is 5.69 Å².